The number of carbonyl (C=O) groups is 2. The van der Waals surface area contributed by atoms with Gasteiger partial charge >= 0.3 is 11.9 Å². The molecule has 2 N–H and O–H groups in total. The molecule has 0 radical (unpaired) electrons. The van der Waals surface area contributed by atoms with Crippen molar-refractivity contribution in [3.8, 4) is 0 Å². The minimum atomic E-state index is -0.948. The molecular weight excluding hydrogens is 270 g/mol. The Labute approximate surface area is 125 Å². The number of hydrogen-bond donors (Lipinski definition) is 2. The van der Waals surface area contributed by atoms with Gasteiger partial charge in [-0.15, -0.1) is 0 Å². The van der Waals surface area contributed by atoms with Gasteiger partial charge in [0, 0.05) is 13.1 Å². The van der Waals surface area contributed by atoms with E-state index < -0.39 is 17.9 Å². The first-order valence-electron chi connectivity index (χ1n) is 7.21. The van der Waals surface area contributed by atoms with Crippen LogP contribution in [0.15, 0.2) is 24.3 Å². The number of unbranched alkanes of at least 4 members (excludes halogenated alkanes) is 1. The Morgan fingerprint density at radius 3 is 2.57 bits per heavy atom. The quantitative estimate of drug-likeness (QED) is 0.732. The first-order chi connectivity index (χ1) is 9.93. The van der Waals surface area contributed by atoms with Crippen LogP contribution in [0.25, 0.3) is 0 Å². The molecule has 0 saturated heterocycles. The molecule has 0 heterocycles. The van der Waals surface area contributed by atoms with E-state index in [9.17, 15) is 9.59 Å². The highest BCUT2D eigenvalue weighted by atomic mass is 16.4. The third-order valence-corrected chi connectivity index (χ3v) is 3.36. The summed E-state index contributed by atoms with van der Waals surface area (Å²) in [7, 11) is 0. The van der Waals surface area contributed by atoms with E-state index in [1.807, 2.05) is 6.07 Å². The molecule has 1 aromatic carbocycles. The topological polar surface area (TPSA) is 77.8 Å². The summed E-state index contributed by atoms with van der Waals surface area (Å²) in [6, 6.07) is 6.79. The van der Waals surface area contributed by atoms with Crippen LogP contribution < -0.4 is 0 Å². The lowest BCUT2D eigenvalue weighted by Crippen LogP contribution is -2.32. The van der Waals surface area contributed by atoms with Gasteiger partial charge in [0.1, 0.15) is 0 Å². The molecule has 21 heavy (non-hydrogen) atoms. The maximum Gasteiger partial charge on any atom is 0.335 e. The van der Waals surface area contributed by atoms with Gasteiger partial charge in [0.25, 0.3) is 0 Å². The number of aliphatic carboxylic acids is 1. The zero-order valence-corrected chi connectivity index (χ0v) is 12.6. The molecule has 0 aromatic heterocycles. The Bertz CT molecular complexity index is 487. The molecule has 5 heteroatoms. The Kier molecular flexibility index (Phi) is 6.88. The van der Waals surface area contributed by atoms with Crippen molar-refractivity contribution < 1.29 is 19.8 Å². The van der Waals surface area contributed by atoms with Gasteiger partial charge in [-0.2, -0.15) is 0 Å². The summed E-state index contributed by atoms with van der Waals surface area (Å²) in [5.41, 5.74) is 1.15. The zero-order valence-electron chi connectivity index (χ0n) is 12.6. The molecule has 5 nitrogen and oxygen atoms in total. The third kappa shape index (κ3) is 5.95. The van der Waals surface area contributed by atoms with Crippen molar-refractivity contribution in [2.45, 2.75) is 33.2 Å². The minimum absolute atomic E-state index is 0.259. The summed E-state index contributed by atoms with van der Waals surface area (Å²) in [6.07, 6.45) is 2.03. The Balaban J connectivity index is 2.77. The molecule has 1 rings (SSSR count). The maximum atomic E-state index is 11.0. The van der Waals surface area contributed by atoms with Crippen LogP contribution in [0.2, 0.25) is 0 Å². The van der Waals surface area contributed by atoms with E-state index in [-0.39, 0.29) is 5.56 Å². The van der Waals surface area contributed by atoms with Gasteiger partial charge in [0.05, 0.1) is 11.5 Å². The predicted octanol–water partition coefficient (Wildman–Crippen LogP) is 2.71. The van der Waals surface area contributed by atoms with Gasteiger partial charge < -0.3 is 10.2 Å². The van der Waals surface area contributed by atoms with Gasteiger partial charge in [-0.05, 0) is 30.7 Å². The summed E-state index contributed by atoms with van der Waals surface area (Å²) in [5, 5.41) is 18.0. The smallest absolute Gasteiger partial charge is 0.335 e. The number of rotatable bonds is 9. The van der Waals surface area contributed by atoms with Crippen molar-refractivity contribution in [1.82, 2.24) is 4.90 Å². The molecule has 0 saturated carbocycles. The number of carboxylic acids is 2. The molecule has 0 aliphatic heterocycles. The normalized spacial score (nSPS) is 12.3. The minimum Gasteiger partial charge on any atom is -0.481 e. The van der Waals surface area contributed by atoms with E-state index in [4.69, 9.17) is 10.2 Å². The van der Waals surface area contributed by atoms with E-state index >= 15 is 0 Å². The van der Waals surface area contributed by atoms with Crippen molar-refractivity contribution in [1.29, 1.82) is 0 Å². The maximum absolute atomic E-state index is 11.0. The van der Waals surface area contributed by atoms with Crippen LogP contribution in [0.4, 0.5) is 0 Å². The lowest BCUT2D eigenvalue weighted by Gasteiger charge is -2.24. The van der Waals surface area contributed by atoms with Crippen LogP contribution >= 0.6 is 0 Å². The Hall–Kier alpha value is -1.88. The van der Waals surface area contributed by atoms with Crippen LogP contribution in [0, 0.1) is 5.92 Å². The van der Waals surface area contributed by atoms with E-state index in [0.29, 0.717) is 13.1 Å². The summed E-state index contributed by atoms with van der Waals surface area (Å²) < 4.78 is 0. The van der Waals surface area contributed by atoms with Crippen molar-refractivity contribution in [2.75, 3.05) is 13.1 Å². The molecule has 1 atom stereocenters. The van der Waals surface area contributed by atoms with Crippen molar-refractivity contribution in [3.05, 3.63) is 35.4 Å². The first-order valence-corrected chi connectivity index (χ1v) is 7.21. The molecule has 0 spiro atoms. The van der Waals surface area contributed by atoms with E-state index in [2.05, 4.69) is 11.8 Å². The average Bonchev–Trinajstić information content (AvgIpc) is 2.44. The fourth-order valence-corrected chi connectivity index (χ4v) is 2.14. The molecule has 0 aliphatic rings. The highest BCUT2D eigenvalue weighted by molar-refractivity contribution is 5.87. The first kappa shape index (κ1) is 17.2. The number of carboxylic acid groups (broad SMARTS) is 2. The predicted molar refractivity (Wildman–Crippen MR) is 80.4 cm³/mol. The lowest BCUT2D eigenvalue weighted by molar-refractivity contribution is -0.141. The SMILES string of the molecule is CCCCN(Cc1cccc(C(=O)O)c1)CC(C)C(=O)O. The molecule has 0 amide bonds. The summed E-state index contributed by atoms with van der Waals surface area (Å²) in [5.74, 6) is -2.20. The van der Waals surface area contributed by atoms with E-state index in [0.717, 1.165) is 24.9 Å². The molecular formula is C16H23NO4. The zero-order chi connectivity index (χ0) is 15.8. The third-order valence-electron chi connectivity index (χ3n) is 3.36. The standard InChI is InChI=1S/C16H23NO4/c1-3-4-8-17(10-12(2)15(18)19)11-13-6-5-7-14(9-13)16(20)21/h5-7,9,12H,3-4,8,10-11H2,1-2H3,(H,18,19)(H,20,21). The summed E-state index contributed by atoms with van der Waals surface area (Å²) in [4.78, 5) is 24.1. The van der Waals surface area contributed by atoms with Gasteiger partial charge in [-0.1, -0.05) is 32.4 Å². The Morgan fingerprint density at radius 1 is 1.29 bits per heavy atom. The van der Waals surface area contributed by atoms with Crippen LogP contribution in [-0.4, -0.2) is 40.1 Å². The summed E-state index contributed by atoms with van der Waals surface area (Å²) in [6.45, 7) is 5.62. The number of benzene rings is 1. The monoisotopic (exact) mass is 293 g/mol. The fourth-order valence-electron chi connectivity index (χ4n) is 2.14. The molecule has 1 unspecified atom stereocenters. The lowest BCUT2D eigenvalue weighted by atomic mass is 10.1. The number of hydrogen-bond acceptors (Lipinski definition) is 3. The van der Waals surface area contributed by atoms with Gasteiger partial charge in [0.2, 0.25) is 0 Å². The van der Waals surface area contributed by atoms with Crippen LogP contribution in [0.3, 0.4) is 0 Å². The second-order valence-electron chi connectivity index (χ2n) is 5.33. The van der Waals surface area contributed by atoms with Gasteiger partial charge in [-0.25, -0.2) is 4.79 Å². The van der Waals surface area contributed by atoms with Crippen LogP contribution in [0.5, 0.6) is 0 Å². The Morgan fingerprint density at radius 2 is 2.00 bits per heavy atom. The fraction of sp³-hybridized carbons (Fsp3) is 0.500. The second-order valence-corrected chi connectivity index (χ2v) is 5.33. The highest BCUT2D eigenvalue weighted by Crippen LogP contribution is 2.11. The summed E-state index contributed by atoms with van der Waals surface area (Å²) >= 11 is 0. The molecule has 0 fully saturated rings. The van der Waals surface area contributed by atoms with E-state index in [1.54, 1.807) is 25.1 Å². The largest absolute Gasteiger partial charge is 0.481 e. The van der Waals surface area contributed by atoms with Crippen molar-refractivity contribution in [3.63, 3.8) is 0 Å². The molecule has 0 aliphatic carbocycles. The van der Waals surface area contributed by atoms with Gasteiger partial charge in [-0.3, -0.25) is 9.69 Å². The van der Waals surface area contributed by atoms with E-state index in [1.165, 1.54) is 0 Å². The molecule has 116 valence electrons. The number of nitrogens with zero attached hydrogens (tertiary/aromatic N) is 1. The van der Waals surface area contributed by atoms with Crippen LogP contribution in [-0.2, 0) is 11.3 Å². The molecule has 1 aromatic rings. The number of aromatic carboxylic acids is 1. The van der Waals surface area contributed by atoms with Crippen LogP contribution in [0.1, 0.15) is 42.6 Å². The second kappa shape index (κ2) is 8.42. The average molecular weight is 293 g/mol. The van der Waals surface area contributed by atoms with Crippen molar-refractivity contribution in [2.24, 2.45) is 5.92 Å². The highest BCUT2D eigenvalue weighted by Gasteiger charge is 2.16. The molecule has 0 bridgehead atoms. The van der Waals surface area contributed by atoms with Crippen molar-refractivity contribution >= 4 is 11.9 Å². The van der Waals surface area contributed by atoms with Gasteiger partial charge in [0.15, 0.2) is 0 Å².